The molecule has 3 aromatic rings. The van der Waals surface area contributed by atoms with Gasteiger partial charge in [0, 0.05) is 42.6 Å². The minimum atomic E-state index is -5.08. The van der Waals surface area contributed by atoms with Crippen LogP contribution in [0, 0.1) is 15.5 Å². The molecule has 1 aliphatic heterocycles. The normalized spacial score (nSPS) is 12.8. The maximum Gasteiger partial charge on any atom is 0.490 e. The second-order valence-electron chi connectivity index (χ2n) is 10.4. The summed E-state index contributed by atoms with van der Waals surface area (Å²) in [5, 5.41) is 33.0. The summed E-state index contributed by atoms with van der Waals surface area (Å²) in [6.07, 6.45) is -4.60. The molecule has 0 saturated heterocycles. The second kappa shape index (κ2) is 16.2. The van der Waals surface area contributed by atoms with Gasteiger partial charge in [-0.3, -0.25) is 29.9 Å². The first-order valence-corrected chi connectivity index (χ1v) is 14.4. The van der Waals surface area contributed by atoms with Crippen LogP contribution in [0.4, 0.5) is 18.9 Å². The fourth-order valence-electron chi connectivity index (χ4n) is 4.71. The molecule has 5 N–H and O–H groups in total. The molecule has 1 atom stereocenters. The van der Waals surface area contributed by atoms with Crippen LogP contribution in [0.2, 0.25) is 0 Å². The van der Waals surface area contributed by atoms with E-state index in [-0.39, 0.29) is 49.1 Å². The number of carboxylic acids is 1. The van der Waals surface area contributed by atoms with Crippen molar-refractivity contribution in [1.82, 2.24) is 20.0 Å². The number of aromatic nitrogens is 2. The molecule has 0 aliphatic carbocycles. The lowest BCUT2D eigenvalue weighted by Gasteiger charge is -2.30. The third kappa shape index (κ3) is 9.99. The predicted octanol–water partition coefficient (Wildman–Crippen LogP) is 2.21. The van der Waals surface area contributed by atoms with E-state index in [1.54, 1.807) is 24.0 Å². The van der Waals surface area contributed by atoms with E-state index >= 15 is 0 Å². The molecule has 49 heavy (non-hydrogen) atoms. The van der Waals surface area contributed by atoms with Crippen LogP contribution in [0.3, 0.4) is 0 Å². The summed E-state index contributed by atoms with van der Waals surface area (Å²) in [5.41, 5.74) is 8.10. The van der Waals surface area contributed by atoms with E-state index in [1.807, 2.05) is 0 Å². The number of carboxylic acid groups (broad SMARTS) is 1. The van der Waals surface area contributed by atoms with Gasteiger partial charge in [-0.2, -0.15) is 18.3 Å². The molecule has 0 radical (unpaired) electrons. The Morgan fingerprint density at radius 1 is 1.12 bits per heavy atom. The minimum Gasteiger partial charge on any atom is -0.481 e. The monoisotopic (exact) mass is 691 g/mol. The molecular weight excluding hydrogens is 659 g/mol. The number of halogens is 3. The van der Waals surface area contributed by atoms with E-state index in [0.717, 1.165) is 0 Å². The number of amides is 2. The van der Waals surface area contributed by atoms with Crippen LogP contribution in [-0.4, -0.2) is 86.8 Å². The van der Waals surface area contributed by atoms with E-state index in [1.165, 1.54) is 48.2 Å². The number of hydrogen-bond donors (Lipinski definition) is 4. The quantitative estimate of drug-likeness (QED) is 0.0748. The molecule has 0 fully saturated rings. The van der Waals surface area contributed by atoms with Gasteiger partial charge in [0.15, 0.2) is 0 Å². The van der Waals surface area contributed by atoms with E-state index in [2.05, 4.69) is 10.4 Å². The molecule has 2 amide bonds. The maximum absolute atomic E-state index is 13.9. The lowest BCUT2D eigenvalue weighted by molar-refractivity contribution is -0.384. The Labute approximate surface area is 276 Å². The number of esters is 1. The van der Waals surface area contributed by atoms with Gasteiger partial charge in [0.2, 0.25) is 11.8 Å². The zero-order valence-corrected chi connectivity index (χ0v) is 26.2. The first kappa shape index (κ1) is 37.4. The number of aliphatic carboxylic acids is 1. The number of methoxy groups -OCH3 is 1. The van der Waals surface area contributed by atoms with E-state index < -0.39 is 35.0 Å². The molecule has 0 spiro atoms. The fourth-order valence-corrected chi connectivity index (χ4v) is 4.71. The van der Waals surface area contributed by atoms with E-state index in [4.69, 9.17) is 30.5 Å². The molecule has 0 unspecified atom stereocenters. The largest absolute Gasteiger partial charge is 0.490 e. The summed E-state index contributed by atoms with van der Waals surface area (Å²) in [5.74, 6) is -3.90. The number of nitrogens with two attached hydrogens (primary N) is 1. The van der Waals surface area contributed by atoms with E-state index in [0.29, 0.717) is 41.2 Å². The molecule has 1 aromatic heterocycles. The average Bonchev–Trinajstić information content (AvgIpc) is 3.40. The van der Waals surface area contributed by atoms with Crippen molar-refractivity contribution in [2.75, 3.05) is 20.3 Å². The van der Waals surface area contributed by atoms with E-state index in [9.17, 15) is 37.7 Å². The van der Waals surface area contributed by atoms with Crippen molar-refractivity contribution in [3.8, 4) is 5.88 Å². The second-order valence-corrected chi connectivity index (χ2v) is 10.4. The summed E-state index contributed by atoms with van der Waals surface area (Å²) in [4.78, 5) is 60.2. The lowest BCUT2D eigenvalue weighted by atomic mass is 10.0. The molecule has 2 aromatic carbocycles. The van der Waals surface area contributed by atoms with Crippen LogP contribution in [0.5, 0.6) is 5.88 Å². The Balaban J connectivity index is 0.000000838. The minimum absolute atomic E-state index is 0.0801. The molecule has 2 heterocycles. The van der Waals surface area contributed by atoms with Gasteiger partial charge in [0.25, 0.3) is 11.6 Å². The van der Waals surface area contributed by atoms with Gasteiger partial charge >= 0.3 is 18.1 Å². The first-order valence-electron chi connectivity index (χ1n) is 14.4. The van der Waals surface area contributed by atoms with Gasteiger partial charge in [0.05, 0.1) is 36.4 Å². The molecule has 0 saturated carbocycles. The number of non-ortho nitro benzene ring substituents is 1. The van der Waals surface area contributed by atoms with Crippen LogP contribution in [0.15, 0.2) is 48.5 Å². The van der Waals surface area contributed by atoms with Crippen molar-refractivity contribution in [2.24, 2.45) is 5.73 Å². The third-order valence-corrected chi connectivity index (χ3v) is 7.03. The number of amidine groups is 1. The summed E-state index contributed by atoms with van der Waals surface area (Å²) >= 11 is 0. The summed E-state index contributed by atoms with van der Waals surface area (Å²) in [6, 6.07) is 10.9. The zero-order valence-electron chi connectivity index (χ0n) is 26.2. The average molecular weight is 692 g/mol. The molecule has 262 valence electrons. The number of nitro benzene ring substituents is 1. The highest BCUT2D eigenvalue weighted by molar-refractivity contribution is 6.00. The van der Waals surface area contributed by atoms with Crippen LogP contribution < -0.4 is 15.8 Å². The van der Waals surface area contributed by atoms with Crippen molar-refractivity contribution in [2.45, 2.75) is 45.1 Å². The van der Waals surface area contributed by atoms with Gasteiger partial charge in [-0.05, 0) is 24.6 Å². The molecule has 16 nitrogen and oxygen atoms in total. The van der Waals surface area contributed by atoms with Crippen molar-refractivity contribution >= 4 is 35.3 Å². The van der Waals surface area contributed by atoms with Crippen LogP contribution in [0.25, 0.3) is 0 Å². The topological polar surface area (TPSA) is 233 Å². The number of nitrogen functional groups attached to an aromatic ring is 1. The number of nitrogens with one attached hydrogen (secondary N) is 2. The summed E-state index contributed by atoms with van der Waals surface area (Å²) in [7, 11) is 1.45. The summed E-state index contributed by atoms with van der Waals surface area (Å²) < 4.78 is 43.7. The van der Waals surface area contributed by atoms with Gasteiger partial charge < -0.3 is 30.5 Å². The Hall–Kier alpha value is -6.01. The number of benzene rings is 2. The van der Waals surface area contributed by atoms with Crippen molar-refractivity contribution in [3.05, 3.63) is 86.6 Å². The molecule has 4 rings (SSSR count). The Morgan fingerprint density at radius 3 is 2.22 bits per heavy atom. The third-order valence-electron chi connectivity index (χ3n) is 7.03. The van der Waals surface area contributed by atoms with Crippen molar-refractivity contribution in [1.29, 1.82) is 5.41 Å². The Bertz CT molecular complexity index is 1710. The van der Waals surface area contributed by atoms with Gasteiger partial charge in [-0.25, -0.2) is 9.48 Å². The zero-order chi connectivity index (χ0) is 36.5. The molecule has 19 heteroatoms. The number of rotatable bonds is 11. The number of nitro groups is 1. The van der Waals surface area contributed by atoms with Crippen molar-refractivity contribution in [3.63, 3.8) is 0 Å². The number of nitrogens with zero attached hydrogens (tertiary/aromatic N) is 4. The highest BCUT2D eigenvalue weighted by atomic mass is 19.4. The molecule has 0 bridgehead atoms. The predicted molar refractivity (Wildman–Crippen MR) is 164 cm³/mol. The Morgan fingerprint density at radius 2 is 1.71 bits per heavy atom. The highest BCUT2D eigenvalue weighted by Crippen LogP contribution is 2.29. The van der Waals surface area contributed by atoms with Crippen LogP contribution >= 0.6 is 0 Å². The maximum atomic E-state index is 13.9. The van der Waals surface area contributed by atoms with Crippen LogP contribution in [-0.2, 0) is 45.1 Å². The smallest absolute Gasteiger partial charge is 0.481 e. The SMILES string of the molecule is CCOC(=O)Cn1nc2c(c1OC)CN(C(=O)[C@H](Cc1ccc([N+](=O)[O-])cc1)NC(=O)c1ccc(C(=N)N)cc1)CC2.O=C(O)C(F)(F)F. The van der Waals surface area contributed by atoms with Gasteiger partial charge in [0.1, 0.15) is 18.4 Å². The standard InChI is InChI=1S/C28H31N7O7.C2HF3O2/c1-3-42-24(36)16-34-28(41-2)21-15-33(13-12-22(21)32-34)27(38)23(14-17-4-10-20(11-5-17)35(39)40)31-26(37)19-8-6-18(7-9-19)25(29)30;3-2(4,5)1(6)7/h4-11,23H,3,12-16H2,1-2H3,(H3,29,30)(H,31,37);(H,6,7)/t23-;/m0./s1. The highest BCUT2D eigenvalue weighted by Gasteiger charge is 2.38. The lowest BCUT2D eigenvalue weighted by Crippen LogP contribution is -2.50. The summed E-state index contributed by atoms with van der Waals surface area (Å²) in [6.45, 7) is 2.25. The number of hydrogen-bond acceptors (Lipinski definition) is 10. The van der Waals surface area contributed by atoms with Gasteiger partial charge in [-0.1, -0.05) is 24.3 Å². The number of carbonyl (C=O) groups excluding carboxylic acids is 3. The number of carbonyl (C=O) groups is 4. The van der Waals surface area contributed by atoms with Crippen LogP contribution in [0.1, 0.15) is 39.7 Å². The Kier molecular flexibility index (Phi) is 12.4. The number of alkyl halides is 3. The molecular formula is C30H32F3N7O9. The number of fused-ring (bicyclic) bond motifs is 1. The van der Waals surface area contributed by atoms with Crippen molar-refractivity contribution < 1.29 is 51.9 Å². The van der Waals surface area contributed by atoms with Gasteiger partial charge in [-0.15, -0.1) is 0 Å². The number of ether oxygens (including phenoxy) is 2. The first-order chi connectivity index (χ1) is 23.0. The molecule has 1 aliphatic rings. The fraction of sp³-hybridized carbons (Fsp3) is 0.333.